The van der Waals surface area contributed by atoms with Gasteiger partial charge in [0.05, 0.1) is 5.56 Å². The lowest BCUT2D eigenvalue weighted by molar-refractivity contribution is 0.0668. The van der Waals surface area contributed by atoms with Gasteiger partial charge in [-0.05, 0) is 38.4 Å². The van der Waals surface area contributed by atoms with Gasteiger partial charge < -0.3 is 10.0 Å². The van der Waals surface area contributed by atoms with E-state index in [9.17, 15) is 14.7 Å². The zero-order valence-electron chi connectivity index (χ0n) is 12.0. The minimum atomic E-state index is -1.11. The molecule has 0 radical (unpaired) electrons. The predicted octanol–water partition coefficient (Wildman–Crippen LogP) is 1.09. The van der Waals surface area contributed by atoms with E-state index < -0.39 is 5.97 Å². The van der Waals surface area contributed by atoms with Gasteiger partial charge in [-0.25, -0.2) is 4.79 Å². The molecule has 2 saturated heterocycles. The maximum atomic E-state index is 12.6. The van der Waals surface area contributed by atoms with Crippen molar-refractivity contribution in [1.82, 2.24) is 14.8 Å². The Balaban J connectivity index is 1.84. The van der Waals surface area contributed by atoms with E-state index in [1.807, 2.05) is 0 Å². The van der Waals surface area contributed by atoms with Crippen molar-refractivity contribution in [3.05, 3.63) is 29.6 Å². The third-order valence-electron chi connectivity index (χ3n) is 4.68. The fraction of sp³-hybridized carbons (Fsp3) is 0.533. The molecular weight excluding hydrogens is 270 g/mol. The molecule has 0 aliphatic carbocycles. The monoisotopic (exact) mass is 289 g/mol. The number of hydrogen-bond donors (Lipinski definition) is 1. The number of carboxylic acid groups (broad SMARTS) is 1. The number of carbonyl (C=O) groups is 2. The molecule has 1 amide bonds. The Bertz CT molecular complexity index is 575. The van der Waals surface area contributed by atoms with Gasteiger partial charge in [-0.2, -0.15) is 0 Å². The summed E-state index contributed by atoms with van der Waals surface area (Å²) in [5.41, 5.74) is 0.0238. The molecule has 0 saturated carbocycles. The third-order valence-corrected chi connectivity index (χ3v) is 4.68. The predicted molar refractivity (Wildman–Crippen MR) is 76.3 cm³/mol. The van der Waals surface area contributed by atoms with Crippen LogP contribution >= 0.6 is 0 Å². The minimum absolute atomic E-state index is 0.0229. The summed E-state index contributed by atoms with van der Waals surface area (Å²) in [6, 6.07) is 3.88. The highest BCUT2D eigenvalue weighted by Gasteiger charge is 2.37. The standard InChI is InChI=1S/C15H19N3O3/c1-17-10-4-5-11(17)9-18(8-6-10)14(19)13-12(15(20)21)3-2-7-16-13/h2-3,7,10-11H,4-6,8-9H2,1H3,(H,20,21). The van der Waals surface area contributed by atoms with Crippen molar-refractivity contribution in [3.63, 3.8) is 0 Å². The van der Waals surface area contributed by atoms with E-state index >= 15 is 0 Å². The molecule has 1 aromatic heterocycles. The van der Waals surface area contributed by atoms with E-state index in [1.54, 1.807) is 11.0 Å². The highest BCUT2D eigenvalue weighted by Crippen LogP contribution is 2.29. The number of pyridine rings is 1. The van der Waals surface area contributed by atoms with Gasteiger partial charge in [-0.1, -0.05) is 0 Å². The van der Waals surface area contributed by atoms with Crippen LogP contribution in [0.15, 0.2) is 18.3 Å². The molecule has 21 heavy (non-hydrogen) atoms. The average Bonchev–Trinajstić information content (AvgIpc) is 2.71. The second-order valence-electron chi connectivity index (χ2n) is 5.80. The van der Waals surface area contributed by atoms with Gasteiger partial charge in [-0.15, -0.1) is 0 Å². The van der Waals surface area contributed by atoms with Gasteiger partial charge in [0.25, 0.3) is 5.91 Å². The number of nitrogens with zero attached hydrogens (tertiary/aromatic N) is 3. The largest absolute Gasteiger partial charge is 0.478 e. The number of likely N-dealkylation sites (tertiary alicyclic amines) is 1. The first kappa shape index (κ1) is 14.0. The quantitative estimate of drug-likeness (QED) is 0.882. The Morgan fingerprint density at radius 2 is 2.05 bits per heavy atom. The van der Waals surface area contributed by atoms with E-state index in [4.69, 9.17) is 0 Å². The lowest BCUT2D eigenvalue weighted by atomic mass is 10.1. The van der Waals surface area contributed by atoms with Crippen molar-refractivity contribution in [2.24, 2.45) is 0 Å². The van der Waals surface area contributed by atoms with Crippen molar-refractivity contribution in [2.75, 3.05) is 20.1 Å². The summed E-state index contributed by atoms with van der Waals surface area (Å²) in [7, 11) is 2.11. The van der Waals surface area contributed by atoms with Gasteiger partial charge in [0.1, 0.15) is 5.69 Å². The van der Waals surface area contributed by atoms with Crippen LogP contribution in [0.25, 0.3) is 0 Å². The summed E-state index contributed by atoms with van der Waals surface area (Å²) in [6.45, 7) is 1.32. The van der Waals surface area contributed by atoms with E-state index in [0.29, 0.717) is 25.2 Å². The molecule has 6 heteroatoms. The van der Waals surface area contributed by atoms with E-state index in [0.717, 1.165) is 12.8 Å². The molecule has 2 atom stereocenters. The number of carbonyl (C=O) groups excluding carboxylic acids is 1. The second kappa shape index (κ2) is 5.44. The van der Waals surface area contributed by atoms with Crippen LogP contribution in [0.2, 0.25) is 0 Å². The van der Waals surface area contributed by atoms with Gasteiger partial charge in [0.15, 0.2) is 0 Å². The molecule has 0 aromatic carbocycles. The number of aromatic nitrogens is 1. The highest BCUT2D eigenvalue weighted by atomic mass is 16.4. The number of carboxylic acids is 1. The lowest BCUT2D eigenvalue weighted by Crippen LogP contribution is -2.40. The van der Waals surface area contributed by atoms with E-state index in [1.165, 1.54) is 18.7 Å². The summed E-state index contributed by atoms with van der Waals surface area (Å²) in [6.07, 6.45) is 4.69. The first-order valence-electron chi connectivity index (χ1n) is 7.27. The van der Waals surface area contributed by atoms with Crippen molar-refractivity contribution < 1.29 is 14.7 Å². The molecule has 0 spiro atoms. The summed E-state index contributed by atoms with van der Waals surface area (Å²) in [5, 5.41) is 9.20. The van der Waals surface area contributed by atoms with Crippen LogP contribution in [0.4, 0.5) is 0 Å². The lowest BCUT2D eigenvalue weighted by Gasteiger charge is -2.25. The van der Waals surface area contributed by atoms with Crippen molar-refractivity contribution in [2.45, 2.75) is 31.3 Å². The smallest absolute Gasteiger partial charge is 0.338 e. The van der Waals surface area contributed by atoms with E-state index in [-0.39, 0.29) is 17.2 Å². The average molecular weight is 289 g/mol. The number of rotatable bonds is 2. The summed E-state index contributed by atoms with van der Waals surface area (Å²) < 4.78 is 0. The highest BCUT2D eigenvalue weighted by molar-refractivity contribution is 6.03. The number of amides is 1. The molecule has 2 aliphatic rings. The van der Waals surface area contributed by atoms with Gasteiger partial charge in [0, 0.05) is 31.4 Å². The van der Waals surface area contributed by atoms with Crippen LogP contribution in [0, 0.1) is 0 Å². The van der Waals surface area contributed by atoms with Gasteiger partial charge >= 0.3 is 5.97 Å². The molecule has 2 unspecified atom stereocenters. The maximum absolute atomic E-state index is 12.6. The van der Waals surface area contributed by atoms with Gasteiger partial charge in [0.2, 0.25) is 0 Å². The maximum Gasteiger partial charge on any atom is 0.338 e. The first-order valence-corrected chi connectivity index (χ1v) is 7.27. The first-order chi connectivity index (χ1) is 10.1. The zero-order valence-corrected chi connectivity index (χ0v) is 12.0. The van der Waals surface area contributed by atoms with Crippen LogP contribution in [-0.4, -0.2) is 64.0 Å². The molecule has 2 fully saturated rings. The number of fused-ring (bicyclic) bond motifs is 2. The summed E-state index contributed by atoms with van der Waals surface area (Å²) >= 11 is 0. The molecule has 6 nitrogen and oxygen atoms in total. The Morgan fingerprint density at radius 3 is 2.81 bits per heavy atom. The Labute approximate surface area is 123 Å². The topological polar surface area (TPSA) is 73.7 Å². The van der Waals surface area contributed by atoms with Crippen LogP contribution in [0.5, 0.6) is 0 Å². The fourth-order valence-corrected chi connectivity index (χ4v) is 3.39. The molecule has 2 aliphatic heterocycles. The van der Waals surface area contributed by atoms with Crippen LogP contribution in [-0.2, 0) is 0 Å². The SMILES string of the molecule is CN1C2CCC1CN(C(=O)c1ncccc1C(=O)O)CC2. The molecule has 2 bridgehead atoms. The number of aromatic carboxylic acids is 1. The zero-order chi connectivity index (χ0) is 15.0. The third kappa shape index (κ3) is 2.51. The van der Waals surface area contributed by atoms with Crippen LogP contribution in [0.3, 0.4) is 0 Å². The normalized spacial score (nSPS) is 25.7. The summed E-state index contributed by atoms with van der Waals surface area (Å²) in [5.74, 6) is -1.38. The Hall–Kier alpha value is -1.95. The fourth-order valence-electron chi connectivity index (χ4n) is 3.39. The van der Waals surface area contributed by atoms with Crippen molar-refractivity contribution >= 4 is 11.9 Å². The molecular formula is C15H19N3O3. The second-order valence-corrected chi connectivity index (χ2v) is 5.80. The Morgan fingerprint density at radius 1 is 1.29 bits per heavy atom. The summed E-state index contributed by atoms with van der Waals surface area (Å²) in [4.78, 5) is 32.0. The number of likely N-dealkylation sites (N-methyl/N-ethyl adjacent to an activating group) is 1. The molecule has 112 valence electrons. The molecule has 1 aromatic rings. The Kier molecular flexibility index (Phi) is 3.63. The van der Waals surface area contributed by atoms with Gasteiger partial charge in [-0.3, -0.25) is 14.7 Å². The van der Waals surface area contributed by atoms with Crippen molar-refractivity contribution in [3.8, 4) is 0 Å². The van der Waals surface area contributed by atoms with Crippen LogP contribution in [0.1, 0.15) is 40.1 Å². The molecule has 3 heterocycles. The molecule has 3 rings (SSSR count). The van der Waals surface area contributed by atoms with Crippen LogP contribution < -0.4 is 0 Å². The van der Waals surface area contributed by atoms with E-state index in [2.05, 4.69) is 16.9 Å². The minimum Gasteiger partial charge on any atom is -0.478 e. The number of hydrogen-bond acceptors (Lipinski definition) is 4. The van der Waals surface area contributed by atoms with Crippen molar-refractivity contribution in [1.29, 1.82) is 0 Å². The molecule has 1 N–H and O–H groups in total.